The maximum Gasteiger partial charge on any atom is 0.194 e. The Bertz CT molecular complexity index is 800. The summed E-state index contributed by atoms with van der Waals surface area (Å²) in [5.41, 5.74) is 2.42. The largest absolute Gasteiger partial charge is 0.413 e. The number of hydrogen-bond acceptors (Lipinski definition) is 4. The zero-order valence-electron chi connectivity index (χ0n) is 15.5. The number of ketones is 1. The number of benzene rings is 1. The van der Waals surface area contributed by atoms with E-state index in [4.69, 9.17) is 9.69 Å². The summed E-state index contributed by atoms with van der Waals surface area (Å²) in [6.45, 7) is 11.6. The fourth-order valence-electron chi connectivity index (χ4n) is 2.02. The lowest BCUT2D eigenvalue weighted by Gasteiger charge is -2.36. The molecule has 4 nitrogen and oxygen atoms in total. The molecule has 0 aliphatic heterocycles. The van der Waals surface area contributed by atoms with Crippen LogP contribution < -0.4 is 0 Å². The van der Waals surface area contributed by atoms with Crippen molar-refractivity contribution >= 4 is 14.1 Å². The molecule has 0 N–H and O–H groups in total. The summed E-state index contributed by atoms with van der Waals surface area (Å²) in [5, 5.41) is 9.09. The minimum Gasteiger partial charge on any atom is -0.413 e. The summed E-state index contributed by atoms with van der Waals surface area (Å²) in [7, 11) is -1.79. The van der Waals surface area contributed by atoms with Gasteiger partial charge in [0.05, 0.1) is 12.2 Å². The maximum absolute atomic E-state index is 12.5. The lowest BCUT2D eigenvalue weighted by atomic mass is 10.0. The Balaban J connectivity index is 2.09. The van der Waals surface area contributed by atoms with Crippen molar-refractivity contribution in [1.29, 1.82) is 5.26 Å². The molecule has 1 aromatic carbocycles. The highest BCUT2D eigenvalue weighted by Crippen LogP contribution is 2.37. The van der Waals surface area contributed by atoms with Crippen LogP contribution >= 0.6 is 0 Å². The molecule has 0 aliphatic rings. The molecule has 0 radical (unpaired) electrons. The van der Waals surface area contributed by atoms with Crippen LogP contribution in [0.25, 0.3) is 0 Å². The van der Waals surface area contributed by atoms with E-state index in [0.717, 1.165) is 5.56 Å². The van der Waals surface area contributed by atoms with Gasteiger partial charge in [0.1, 0.15) is 6.07 Å². The highest BCUT2D eigenvalue weighted by atomic mass is 28.4. The molecule has 0 saturated carbocycles. The van der Waals surface area contributed by atoms with Crippen molar-refractivity contribution in [2.24, 2.45) is 0 Å². The minimum atomic E-state index is -1.79. The van der Waals surface area contributed by atoms with E-state index in [1.165, 1.54) is 12.4 Å². The molecule has 130 valence electrons. The Labute approximate surface area is 150 Å². The van der Waals surface area contributed by atoms with Gasteiger partial charge in [-0.05, 0) is 29.8 Å². The van der Waals surface area contributed by atoms with Gasteiger partial charge in [0.2, 0.25) is 0 Å². The molecule has 0 spiro atoms. The van der Waals surface area contributed by atoms with Crippen LogP contribution in [0.2, 0.25) is 18.1 Å². The number of carbonyl (C=O) groups excluding carboxylic acids is 1. The van der Waals surface area contributed by atoms with Gasteiger partial charge in [-0.25, -0.2) is 0 Å². The first-order valence-corrected chi connectivity index (χ1v) is 11.2. The topological polar surface area (TPSA) is 63.0 Å². The second-order valence-corrected chi connectivity index (χ2v) is 12.5. The molecule has 1 heterocycles. The summed E-state index contributed by atoms with van der Waals surface area (Å²) >= 11 is 0. The second kappa shape index (κ2) is 7.30. The van der Waals surface area contributed by atoms with Gasteiger partial charge >= 0.3 is 0 Å². The van der Waals surface area contributed by atoms with Gasteiger partial charge in [0, 0.05) is 23.5 Å². The van der Waals surface area contributed by atoms with Crippen LogP contribution in [0.1, 0.15) is 47.8 Å². The van der Waals surface area contributed by atoms with Crippen LogP contribution in [-0.4, -0.2) is 19.1 Å². The Morgan fingerprint density at radius 3 is 2.36 bits per heavy atom. The fourth-order valence-corrected chi connectivity index (χ4v) is 2.99. The Kier molecular flexibility index (Phi) is 5.56. The fraction of sp³-hybridized carbons (Fsp3) is 0.350. The standard InChI is InChI=1S/C20H24N2O2Si/c1-20(2,3)25(4,5)24-14-15-6-8-17(9-7-15)19(23)18-10-16(11-21)12-22-13-18/h6-10,12-13H,14H2,1-5H3. The van der Waals surface area contributed by atoms with Crippen LogP contribution in [0, 0.1) is 11.3 Å². The van der Waals surface area contributed by atoms with Crippen molar-refractivity contribution in [3.05, 3.63) is 65.0 Å². The van der Waals surface area contributed by atoms with Gasteiger partial charge in [0.25, 0.3) is 0 Å². The van der Waals surface area contributed by atoms with E-state index in [0.29, 0.717) is 23.3 Å². The van der Waals surface area contributed by atoms with E-state index in [9.17, 15) is 4.79 Å². The molecule has 0 atom stereocenters. The van der Waals surface area contributed by atoms with Crippen LogP contribution in [0.3, 0.4) is 0 Å². The predicted octanol–water partition coefficient (Wildman–Crippen LogP) is 4.71. The number of hydrogen-bond donors (Lipinski definition) is 0. The highest BCUT2D eigenvalue weighted by molar-refractivity contribution is 6.74. The van der Waals surface area contributed by atoms with Crippen LogP contribution in [0.4, 0.5) is 0 Å². The SMILES string of the molecule is CC(C)(C)[Si](C)(C)OCc1ccc(C(=O)c2cncc(C#N)c2)cc1. The average Bonchev–Trinajstić information content (AvgIpc) is 2.59. The van der Waals surface area contributed by atoms with Gasteiger partial charge in [0.15, 0.2) is 14.1 Å². The summed E-state index contributed by atoms with van der Waals surface area (Å²) < 4.78 is 6.20. The van der Waals surface area contributed by atoms with E-state index >= 15 is 0 Å². The third-order valence-electron chi connectivity index (χ3n) is 4.75. The van der Waals surface area contributed by atoms with Crippen LogP contribution in [-0.2, 0) is 11.0 Å². The molecular weight excluding hydrogens is 328 g/mol. The molecule has 0 unspecified atom stereocenters. The first-order chi connectivity index (χ1) is 11.6. The number of nitrogens with zero attached hydrogens (tertiary/aromatic N) is 2. The van der Waals surface area contributed by atoms with E-state index in [-0.39, 0.29) is 10.8 Å². The summed E-state index contributed by atoms with van der Waals surface area (Å²) in [5.74, 6) is -0.138. The van der Waals surface area contributed by atoms with Gasteiger partial charge in [-0.2, -0.15) is 5.26 Å². The molecule has 2 rings (SSSR count). The molecule has 0 fully saturated rings. The second-order valence-electron chi connectivity index (χ2n) is 7.65. The lowest BCUT2D eigenvalue weighted by molar-refractivity contribution is 0.103. The van der Waals surface area contributed by atoms with E-state index in [1.54, 1.807) is 18.2 Å². The number of nitriles is 1. The lowest BCUT2D eigenvalue weighted by Crippen LogP contribution is -2.40. The number of pyridine rings is 1. The number of rotatable bonds is 5. The van der Waals surface area contributed by atoms with Crippen molar-refractivity contribution in [3.63, 3.8) is 0 Å². The van der Waals surface area contributed by atoms with Gasteiger partial charge < -0.3 is 4.43 Å². The molecule has 2 aromatic rings. The zero-order valence-corrected chi connectivity index (χ0v) is 16.5. The monoisotopic (exact) mass is 352 g/mol. The summed E-state index contributed by atoms with van der Waals surface area (Å²) in [6, 6.07) is 11.0. The molecule has 1 aromatic heterocycles. The van der Waals surface area contributed by atoms with Crippen molar-refractivity contribution in [2.75, 3.05) is 0 Å². The van der Waals surface area contributed by atoms with Crippen LogP contribution in [0.15, 0.2) is 42.7 Å². The third-order valence-corrected chi connectivity index (χ3v) is 9.23. The van der Waals surface area contributed by atoms with E-state index < -0.39 is 8.32 Å². The molecule has 0 bridgehead atoms. The summed E-state index contributed by atoms with van der Waals surface area (Å²) in [6.07, 6.45) is 2.93. The normalized spacial score (nSPS) is 11.8. The number of carbonyl (C=O) groups is 1. The van der Waals surface area contributed by atoms with Crippen molar-refractivity contribution in [2.45, 2.75) is 45.5 Å². The summed E-state index contributed by atoms with van der Waals surface area (Å²) in [4.78, 5) is 16.4. The van der Waals surface area contributed by atoms with E-state index in [2.05, 4.69) is 38.8 Å². The van der Waals surface area contributed by atoms with E-state index in [1.807, 2.05) is 18.2 Å². The van der Waals surface area contributed by atoms with Crippen molar-refractivity contribution in [3.8, 4) is 6.07 Å². The van der Waals surface area contributed by atoms with Crippen molar-refractivity contribution in [1.82, 2.24) is 4.98 Å². The quantitative estimate of drug-likeness (QED) is 0.577. The Morgan fingerprint density at radius 1 is 1.16 bits per heavy atom. The first-order valence-electron chi connectivity index (χ1n) is 8.27. The van der Waals surface area contributed by atoms with Gasteiger partial charge in [-0.15, -0.1) is 0 Å². The Morgan fingerprint density at radius 2 is 1.80 bits per heavy atom. The molecular formula is C20H24N2O2Si. The smallest absolute Gasteiger partial charge is 0.194 e. The first kappa shape index (κ1) is 19.0. The third kappa shape index (κ3) is 4.62. The predicted molar refractivity (Wildman–Crippen MR) is 101 cm³/mol. The van der Waals surface area contributed by atoms with Gasteiger partial charge in [-0.3, -0.25) is 9.78 Å². The molecule has 0 aliphatic carbocycles. The van der Waals surface area contributed by atoms with Crippen LogP contribution in [0.5, 0.6) is 0 Å². The van der Waals surface area contributed by atoms with Gasteiger partial charge in [-0.1, -0.05) is 45.0 Å². The number of aromatic nitrogens is 1. The molecule has 25 heavy (non-hydrogen) atoms. The molecule has 0 amide bonds. The Hall–Kier alpha value is -2.29. The highest BCUT2D eigenvalue weighted by Gasteiger charge is 2.36. The van der Waals surface area contributed by atoms with Crippen molar-refractivity contribution < 1.29 is 9.22 Å². The molecule has 0 saturated heterocycles. The minimum absolute atomic E-state index is 0.138. The molecule has 5 heteroatoms. The maximum atomic E-state index is 12.5. The average molecular weight is 353 g/mol. The zero-order chi connectivity index (χ0) is 18.7.